The standard InChI is InChI=1S/C14H21ClN4O6/c1-14(2,3)25-13(22)17-5-4-9(20)10(21)7-6-8(19(23)24)12(16)18-11(7)15/h6,9-10,20-21H,4-5H2,1-3H3,(H2,16,18)(H,17,22). The topological polar surface area (TPSA) is 161 Å². The zero-order valence-corrected chi connectivity index (χ0v) is 14.8. The molecule has 1 aromatic rings. The number of aliphatic hydroxyl groups is 2. The van der Waals surface area contributed by atoms with Crippen molar-refractivity contribution in [1.29, 1.82) is 0 Å². The van der Waals surface area contributed by atoms with Crippen LogP contribution in [-0.4, -0.2) is 44.5 Å². The fourth-order valence-electron chi connectivity index (χ4n) is 1.86. The normalized spacial score (nSPS) is 13.8. The quantitative estimate of drug-likeness (QED) is 0.330. The van der Waals surface area contributed by atoms with E-state index in [2.05, 4.69) is 10.3 Å². The molecule has 0 aromatic carbocycles. The van der Waals surface area contributed by atoms with Crippen LogP contribution >= 0.6 is 11.6 Å². The summed E-state index contributed by atoms with van der Waals surface area (Å²) >= 11 is 5.83. The number of hydrogen-bond donors (Lipinski definition) is 4. The van der Waals surface area contributed by atoms with Crippen molar-refractivity contribution in [2.24, 2.45) is 0 Å². The molecule has 1 aromatic heterocycles. The van der Waals surface area contributed by atoms with Crippen molar-refractivity contribution >= 4 is 29.2 Å². The number of amides is 1. The number of aliphatic hydroxyl groups excluding tert-OH is 2. The third-order valence-corrected chi connectivity index (χ3v) is 3.30. The maximum Gasteiger partial charge on any atom is 0.407 e. The van der Waals surface area contributed by atoms with Crippen molar-refractivity contribution in [1.82, 2.24) is 10.3 Å². The molecule has 0 radical (unpaired) electrons. The predicted molar refractivity (Wildman–Crippen MR) is 90.1 cm³/mol. The summed E-state index contributed by atoms with van der Waals surface area (Å²) in [7, 11) is 0. The van der Waals surface area contributed by atoms with E-state index in [-0.39, 0.29) is 23.7 Å². The first-order valence-electron chi connectivity index (χ1n) is 7.35. The molecule has 2 unspecified atom stereocenters. The molecule has 25 heavy (non-hydrogen) atoms. The number of ether oxygens (including phenoxy) is 1. The predicted octanol–water partition coefficient (Wildman–Crippen LogP) is 1.53. The second-order valence-corrected chi connectivity index (χ2v) is 6.62. The summed E-state index contributed by atoms with van der Waals surface area (Å²) in [4.78, 5) is 25.2. The van der Waals surface area contributed by atoms with Gasteiger partial charge >= 0.3 is 11.8 Å². The summed E-state index contributed by atoms with van der Waals surface area (Å²) in [5.74, 6) is -0.396. The van der Waals surface area contributed by atoms with Gasteiger partial charge in [0.05, 0.1) is 11.0 Å². The fraction of sp³-hybridized carbons (Fsp3) is 0.571. The van der Waals surface area contributed by atoms with E-state index in [4.69, 9.17) is 22.1 Å². The van der Waals surface area contributed by atoms with E-state index >= 15 is 0 Å². The van der Waals surface area contributed by atoms with Crippen LogP contribution < -0.4 is 11.1 Å². The molecule has 10 nitrogen and oxygen atoms in total. The Labute approximate surface area is 149 Å². The lowest BCUT2D eigenvalue weighted by atomic mass is 10.0. The van der Waals surface area contributed by atoms with Crippen molar-refractivity contribution in [3.05, 3.63) is 26.9 Å². The average Bonchev–Trinajstić information content (AvgIpc) is 2.44. The number of nitro groups is 1. The van der Waals surface area contributed by atoms with Gasteiger partial charge in [0.2, 0.25) is 5.82 Å². The number of nitrogens with zero attached hydrogens (tertiary/aromatic N) is 2. The minimum Gasteiger partial charge on any atom is -0.444 e. The Hall–Kier alpha value is -2.17. The molecular weight excluding hydrogens is 356 g/mol. The highest BCUT2D eigenvalue weighted by Gasteiger charge is 2.26. The van der Waals surface area contributed by atoms with Crippen molar-refractivity contribution in [2.75, 3.05) is 12.3 Å². The van der Waals surface area contributed by atoms with Gasteiger partial charge in [-0.2, -0.15) is 0 Å². The summed E-state index contributed by atoms with van der Waals surface area (Å²) in [5, 5.41) is 33.2. The highest BCUT2D eigenvalue weighted by molar-refractivity contribution is 6.30. The van der Waals surface area contributed by atoms with E-state index in [1.54, 1.807) is 20.8 Å². The Morgan fingerprint density at radius 1 is 1.52 bits per heavy atom. The van der Waals surface area contributed by atoms with Gasteiger partial charge in [0.1, 0.15) is 16.9 Å². The summed E-state index contributed by atoms with van der Waals surface area (Å²) < 4.78 is 5.02. The first-order chi connectivity index (χ1) is 11.4. The van der Waals surface area contributed by atoms with Crippen LogP contribution in [0, 0.1) is 10.1 Å². The van der Waals surface area contributed by atoms with E-state index in [9.17, 15) is 25.1 Å². The Balaban J connectivity index is 2.71. The third-order valence-electron chi connectivity index (χ3n) is 3.00. The zero-order chi connectivity index (χ0) is 19.4. The van der Waals surface area contributed by atoms with E-state index in [0.29, 0.717) is 0 Å². The number of alkyl carbamates (subject to hydrolysis) is 1. The van der Waals surface area contributed by atoms with Crippen LogP contribution in [0.25, 0.3) is 0 Å². The van der Waals surface area contributed by atoms with Gasteiger partial charge < -0.3 is 26.0 Å². The summed E-state index contributed by atoms with van der Waals surface area (Å²) in [6.45, 7) is 5.12. The molecule has 1 heterocycles. The summed E-state index contributed by atoms with van der Waals surface area (Å²) in [5.41, 5.74) is 4.06. The van der Waals surface area contributed by atoms with Gasteiger partial charge in [-0.05, 0) is 27.2 Å². The minimum absolute atomic E-state index is 0.00918. The minimum atomic E-state index is -1.54. The number of hydrogen-bond acceptors (Lipinski definition) is 8. The van der Waals surface area contributed by atoms with Crippen molar-refractivity contribution in [2.45, 2.75) is 45.0 Å². The van der Waals surface area contributed by atoms with E-state index < -0.39 is 40.3 Å². The summed E-state index contributed by atoms with van der Waals surface area (Å²) in [6.07, 6.45) is -3.61. The molecule has 0 aliphatic rings. The lowest BCUT2D eigenvalue weighted by molar-refractivity contribution is -0.384. The second kappa shape index (κ2) is 8.28. The molecule has 1 rings (SSSR count). The van der Waals surface area contributed by atoms with Crippen LogP contribution in [0.15, 0.2) is 6.07 Å². The van der Waals surface area contributed by atoms with Crippen LogP contribution in [0.5, 0.6) is 0 Å². The van der Waals surface area contributed by atoms with Gasteiger partial charge in [-0.15, -0.1) is 0 Å². The molecule has 2 atom stereocenters. The van der Waals surface area contributed by atoms with Gasteiger partial charge in [-0.3, -0.25) is 10.1 Å². The lowest BCUT2D eigenvalue weighted by Crippen LogP contribution is -2.34. The number of anilines is 1. The molecule has 0 spiro atoms. The molecule has 0 aliphatic heterocycles. The molecular formula is C14H21ClN4O6. The van der Waals surface area contributed by atoms with Crippen LogP contribution in [0.3, 0.4) is 0 Å². The molecule has 0 bridgehead atoms. The second-order valence-electron chi connectivity index (χ2n) is 6.26. The van der Waals surface area contributed by atoms with Crippen molar-refractivity contribution in [3.8, 4) is 0 Å². The molecule has 1 amide bonds. The van der Waals surface area contributed by atoms with E-state index in [1.165, 1.54) is 0 Å². The first kappa shape index (κ1) is 20.9. The van der Waals surface area contributed by atoms with Crippen molar-refractivity contribution < 1.29 is 24.7 Å². The number of rotatable bonds is 6. The number of carbonyl (C=O) groups is 1. The van der Waals surface area contributed by atoms with Crippen LogP contribution in [0.1, 0.15) is 38.9 Å². The molecule has 0 aliphatic carbocycles. The maximum atomic E-state index is 11.5. The number of nitrogens with one attached hydrogen (secondary N) is 1. The Morgan fingerprint density at radius 3 is 2.64 bits per heavy atom. The van der Waals surface area contributed by atoms with Gasteiger partial charge in [0.15, 0.2) is 0 Å². The highest BCUT2D eigenvalue weighted by Crippen LogP contribution is 2.31. The van der Waals surface area contributed by atoms with Crippen LogP contribution in [0.4, 0.5) is 16.3 Å². The Morgan fingerprint density at radius 2 is 2.12 bits per heavy atom. The monoisotopic (exact) mass is 376 g/mol. The fourth-order valence-corrected chi connectivity index (χ4v) is 2.12. The number of halogens is 1. The van der Waals surface area contributed by atoms with Gasteiger partial charge in [0, 0.05) is 18.2 Å². The zero-order valence-electron chi connectivity index (χ0n) is 14.0. The first-order valence-corrected chi connectivity index (χ1v) is 7.73. The van der Waals surface area contributed by atoms with Gasteiger partial charge in [-0.25, -0.2) is 9.78 Å². The molecule has 0 fully saturated rings. The Bertz CT molecular complexity index is 649. The number of carbonyl (C=O) groups excluding carboxylic acids is 1. The highest BCUT2D eigenvalue weighted by atomic mass is 35.5. The Kier molecular flexibility index (Phi) is 6.91. The molecule has 5 N–H and O–H groups in total. The van der Waals surface area contributed by atoms with E-state index in [1.807, 2.05) is 0 Å². The molecule has 140 valence electrons. The largest absolute Gasteiger partial charge is 0.444 e. The number of nitrogens with two attached hydrogens (primary N) is 1. The number of aromatic nitrogens is 1. The maximum absolute atomic E-state index is 11.5. The van der Waals surface area contributed by atoms with E-state index in [0.717, 1.165) is 6.07 Å². The molecule has 0 saturated carbocycles. The third kappa shape index (κ3) is 6.33. The van der Waals surface area contributed by atoms with Gasteiger partial charge in [-0.1, -0.05) is 11.6 Å². The smallest absolute Gasteiger partial charge is 0.407 e. The number of pyridine rings is 1. The molecule has 11 heteroatoms. The average molecular weight is 377 g/mol. The molecule has 0 saturated heterocycles. The lowest BCUT2D eigenvalue weighted by Gasteiger charge is -2.21. The van der Waals surface area contributed by atoms with Crippen LogP contribution in [-0.2, 0) is 4.74 Å². The van der Waals surface area contributed by atoms with Gasteiger partial charge in [0.25, 0.3) is 0 Å². The summed E-state index contributed by atoms with van der Waals surface area (Å²) in [6, 6.07) is 0.958. The SMILES string of the molecule is CC(C)(C)OC(=O)NCCC(O)C(O)c1cc([N+](=O)[O-])c(N)nc1Cl. The van der Waals surface area contributed by atoms with Crippen molar-refractivity contribution in [3.63, 3.8) is 0 Å². The number of nitrogen functional groups attached to an aromatic ring is 1. The van der Waals surface area contributed by atoms with Crippen LogP contribution in [0.2, 0.25) is 5.15 Å².